The smallest absolute Gasteiger partial charge is 0.146 e. The topological polar surface area (TPSA) is 28.2 Å². The van der Waals surface area contributed by atoms with Gasteiger partial charge in [0, 0.05) is 60.5 Å². The van der Waals surface area contributed by atoms with Gasteiger partial charge in [-0.2, -0.15) is 0 Å². The largest absolute Gasteiger partial charge is 0.308 e. The fourth-order valence-corrected chi connectivity index (χ4v) is 11.8. The molecule has 0 amide bonds. The average Bonchev–Trinajstić information content (AvgIpc) is 4.09. The molecule has 0 spiro atoms. The van der Waals surface area contributed by atoms with Crippen molar-refractivity contribution in [1.82, 2.24) is 13.8 Å². The van der Waals surface area contributed by atoms with Crippen molar-refractivity contribution in [2.24, 2.45) is 0 Å². The molecule has 0 unspecified atom stereocenters. The summed E-state index contributed by atoms with van der Waals surface area (Å²) >= 11 is 0. The minimum absolute atomic E-state index is 0.114. The maximum absolute atomic E-state index is 6.10. The molecule has 0 atom stereocenters. The Bertz CT molecular complexity index is 3950. The van der Waals surface area contributed by atoms with E-state index in [2.05, 4.69) is 278 Å². The number of fused-ring (bicyclic) bond motifs is 12. The highest BCUT2D eigenvalue weighted by molar-refractivity contribution is 6.29. The maximum atomic E-state index is 6.10. The molecule has 0 bridgehead atoms. The Morgan fingerprint density at radius 2 is 0.608 bits per heavy atom. The zero-order valence-electron chi connectivity index (χ0n) is 45.0. The van der Waals surface area contributed by atoms with E-state index in [0.29, 0.717) is 0 Å². The summed E-state index contributed by atoms with van der Waals surface area (Å²) < 4.78 is 5.12. The van der Waals surface area contributed by atoms with E-state index >= 15 is 0 Å². The number of hydrogen-bond acceptors (Lipinski definition) is 3. The van der Waals surface area contributed by atoms with Crippen LogP contribution in [0.4, 0.5) is 34.1 Å². The lowest BCUT2D eigenvalue weighted by molar-refractivity contribution is 0.591. The first-order valence-corrected chi connectivity index (χ1v) is 26.5. The second-order valence-electron chi connectivity index (χ2n) is 25.0. The van der Waals surface area contributed by atoms with E-state index in [1.807, 2.05) is 0 Å². The van der Waals surface area contributed by atoms with E-state index in [0.717, 1.165) is 61.7 Å². The highest BCUT2D eigenvalue weighted by Gasteiger charge is 2.33. The van der Waals surface area contributed by atoms with Crippen molar-refractivity contribution in [2.45, 2.75) is 105 Å². The van der Waals surface area contributed by atoms with Crippen LogP contribution in [0, 0.1) is 0 Å². The number of rotatable bonds is 6. The molecule has 0 saturated heterocycles. The highest BCUT2D eigenvalue weighted by Crippen LogP contribution is 2.52. The summed E-state index contributed by atoms with van der Waals surface area (Å²) in [6.45, 7) is 28.1. The summed E-state index contributed by atoms with van der Waals surface area (Å²) in [6.07, 6.45) is 0. The molecule has 5 aromatic heterocycles. The van der Waals surface area contributed by atoms with Crippen molar-refractivity contribution < 1.29 is 0 Å². The van der Waals surface area contributed by atoms with Gasteiger partial charge < -0.3 is 14.2 Å². The van der Waals surface area contributed by atoms with Crippen molar-refractivity contribution in [1.29, 1.82) is 0 Å². The van der Waals surface area contributed by atoms with Gasteiger partial charge in [-0.3, -0.25) is 4.40 Å². The molecule has 5 heteroatoms. The van der Waals surface area contributed by atoms with Gasteiger partial charge in [-0.1, -0.05) is 156 Å². The molecule has 13 rings (SSSR count). The van der Waals surface area contributed by atoms with Gasteiger partial charge in [0.25, 0.3) is 0 Å². The molecule has 0 aliphatic carbocycles. The van der Waals surface area contributed by atoms with Crippen LogP contribution in [0.5, 0.6) is 0 Å². The molecule has 0 fully saturated rings. The van der Waals surface area contributed by atoms with Crippen molar-refractivity contribution in [3.05, 3.63) is 198 Å². The monoisotopic (exact) mass is 964 g/mol. The van der Waals surface area contributed by atoms with Crippen molar-refractivity contribution >= 4 is 111 Å². The van der Waals surface area contributed by atoms with Gasteiger partial charge in [-0.25, -0.2) is 4.98 Å². The highest BCUT2D eigenvalue weighted by atomic mass is 15.2. The summed E-state index contributed by atoms with van der Waals surface area (Å²) in [7, 11) is 0. The number of anilines is 6. The first kappa shape index (κ1) is 45.9. The molecule has 74 heavy (non-hydrogen) atoms. The van der Waals surface area contributed by atoms with Crippen LogP contribution in [0.15, 0.2) is 176 Å². The zero-order chi connectivity index (χ0) is 51.4. The number of pyridine rings is 1. The van der Waals surface area contributed by atoms with Crippen LogP contribution in [-0.2, 0) is 21.7 Å². The van der Waals surface area contributed by atoms with E-state index in [1.54, 1.807) is 0 Å². The van der Waals surface area contributed by atoms with Crippen LogP contribution in [0.1, 0.15) is 105 Å². The van der Waals surface area contributed by atoms with Crippen LogP contribution in [-0.4, -0.2) is 13.8 Å². The number of benzene rings is 8. The zero-order valence-corrected chi connectivity index (χ0v) is 45.0. The van der Waals surface area contributed by atoms with Gasteiger partial charge in [0.15, 0.2) is 0 Å². The minimum atomic E-state index is -0.121. The maximum Gasteiger partial charge on any atom is 0.146 e. The normalized spacial score (nSPS) is 13.1. The Balaban J connectivity index is 1.25. The Morgan fingerprint density at radius 3 is 0.973 bits per heavy atom. The first-order valence-electron chi connectivity index (χ1n) is 26.5. The van der Waals surface area contributed by atoms with Gasteiger partial charge >= 0.3 is 0 Å². The fraction of sp³-hybridized carbons (Fsp3) is 0.232. The van der Waals surface area contributed by atoms with Gasteiger partial charge in [0.05, 0.1) is 44.5 Å². The van der Waals surface area contributed by atoms with Crippen LogP contribution < -0.4 is 9.80 Å². The summed E-state index contributed by atoms with van der Waals surface area (Å²) in [5.41, 5.74) is 19.3. The third-order valence-electron chi connectivity index (χ3n) is 15.9. The molecular formula is C69H65N5. The number of aromatic nitrogens is 3. The number of nitrogens with zero attached hydrogens (tertiary/aromatic N) is 5. The Hall–Kier alpha value is -7.89. The predicted molar refractivity (Wildman–Crippen MR) is 318 cm³/mol. The quantitative estimate of drug-likeness (QED) is 0.166. The molecule has 8 aromatic carbocycles. The molecular weight excluding hydrogens is 899 g/mol. The van der Waals surface area contributed by atoms with E-state index < -0.39 is 0 Å². The van der Waals surface area contributed by atoms with Crippen molar-refractivity contribution in [2.75, 3.05) is 9.80 Å². The summed E-state index contributed by atoms with van der Waals surface area (Å²) in [5, 5.41) is 8.59. The Kier molecular flexibility index (Phi) is 9.81. The molecule has 366 valence electrons. The van der Waals surface area contributed by atoms with Gasteiger partial charge in [-0.05, 0) is 147 Å². The van der Waals surface area contributed by atoms with E-state index in [4.69, 9.17) is 4.98 Å². The van der Waals surface area contributed by atoms with E-state index in [9.17, 15) is 0 Å². The first-order chi connectivity index (χ1) is 35.3. The van der Waals surface area contributed by atoms with Gasteiger partial charge in [-0.15, -0.1) is 0 Å². The van der Waals surface area contributed by atoms with Crippen LogP contribution in [0.25, 0.3) is 76.5 Å². The standard InChI is InChI=1S/C69H65N5/c1-66(2,3)42-33-50-53-37-45(69(10,11)12)40-59(72(48-29-21-15-22-30-48)49-31-23-16-24-32-49)64(53)74-61(50)54(35-42)55-41-57-60(70-65(55)74)56-38-43(67(4,5)6)34-51-52-36-44(68(7,8)9)39-58(63(52)73(57)62(51)56)71(46-25-17-13-18-26-46)47-27-19-14-20-28-47/h13-41H,1-12H3. The second-order valence-corrected chi connectivity index (χ2v) is 25.0. The molecule has 13 aromatic rings. The molecule has 0 radical (unpaired) electrons. The third kappa shape index (κ3) is 6.92. The minimum Gasteiger partial charge on any atom is -0.308 e. The SMILES string of the molecule is CC(C)(C)c1cc(N(c2ccccc2)c2ccccc2)c2c(c1)c1cc(C(C)(C)C)cc3c4nc5c(cc4n2c13)c1cc(C(C)(C)C)cc2c3cc(C(C)(C)C)cc(N(c4ccccc4)c4ccccc4)c3n5c12. The lowest BCUT2D eigenvalue weighted by Crippen LogP contribution is -2.15. The van der Waals surface area contributed by atoms with E-state index in [-0.39, 0.29) is 21.7 Å². The lowest BCUT2D eigenvalue weighted by atomic mass is 9.84. The predicted octanol–water partition coefficient (Wildman–Crippen LogP) is 19.5. The number of hydrogen-bond donors (Lipinski definition) is 0. The molecule has 0 aliphatic rings. The Labute approximate surface area is 435 Å². The van der Waals surface area contributed by atoms with E-state index in [1.165, 1.54) is 71.1 Å². The van der Waals surface area contributed by atoms with Crippen LogP contribution >= 0.6 is 0 Å². The third-order valence-corrected chi connectivity index (χ3v) is 15.9. The number of para-hydroxylation sites is 4. The summed E-state index contributed by atoms with van der Waals surface area (Å²) in [6, 6.07) is 65.8. The molecule has 5 heterocycles. The fourth-order valence-electron chi connectivity index (χ4n) is 11.8. The van der Waals surface area contributed by atoms with Crippen LogP contribution in [0.2, 0.25) is 0 Å². The van der Waals surface area contributed by atoms with Crippen LogP contribution in [0.3, 0.4) is 0 Å². The molecule has 0 aliphatic heterocycles. The summed E-state index contributed by atoms with van der Waals surface area (Å²) in [4.78, 5) is 11.0. The average molecular weight is 964 g/mol. The van der Waals surface area contributed by atoms with Gasteiger partial charge in [0.1, 0.15) is 5.65 Å². The van der Waals surface area contributed by atoms with Gasteiger partial charge in [0.2, 0.25) is 0 Å². The van der Waals surface area contributed by atoms with Crippen molar-refractivity contribution in [3.63, 3.8) is 0 Å². The molecule has 5 nitrogen and oxygen atoms in total. The Morgan fingerprint density at radius 1 is 0.311 bits per heavy atom. The summed E-state index contributed by atoms with van der Waals surface area (Å²) in [5.74, 6) is 0. The second kappa shape index (κ2) is 15.8. The molecule has 0 saturated carbocycles. The lowest BCUT2D eigenvalue weighted by Gasteiger charge is -2.29. The van der Waals surface area contributed by atoms with Crippen molar-refractivity contribution in [3.8, 4) is 0 Å². The molecule has 0 N–H and O–H groups in total.